The molecule has 1 saturated heterocycles. The molecule has 1 aromatic rings. The van der Waals surface area contributed by atoms with E-state index in [1.165, 1.54) is 12.8 Å². The number of H-pyrrole nitrogens is 1. The van der Waals surface area contributed by atoms with Crippen LogP contribution in [0, 0.1) is 0 Å². The molecule has 0 radical (unpaired) electrons. The fourth-order valence-corrected chi connectivity index (χ4v) is 3.87. The molecular formula is C11H18N4O2S. The molecular weight excluding hydrogens is 252 g/mol. The number of hydrogen-bond donors (Lipinski definition) is 2. The second kappa shape index (κ2) is 4.64. The average Bonchev–Trinajstić information content (AvgIpc) is 2.87. The SMILES string of the molecule is O=S(=O)(c1[nH]ncc1CNC1CC1)N1CCCC1. The molecule has 2 N–H and O–H groups in total. The minimum absolute atomic E-state index is 0.262. The van der Waals surface area contributed by atoms with E-state index in [1.54, 1.807) is 10.5 Å². The van der Waals surface area contributed by atoms with Gasteiger partial charge in [-0.3, -0.25) is 5.10 Å². The maximum absolute atomic E-state index is 12.4. The Balaban J connectivity index is 1.79. The Morgan fingerprint density at radius 1 is 1.39 bits per heavy atom. The summed E-state index contributed by atoms with van der Waals surface area (Å²) in [7, 11) is -3.38. The van der Waals surface area contributed by atoms with Crippen molar-refractivity contribution in [2.45, 2.75) is 43.3 Å². The second-order valence-electron chi connectivity index (χ2n) is 4.99. The van der Waals surface area contributed by atoms with E-state index in [4.69, 9.17) is 0 Å². The molecule has 1 saturated carbocycles. The van der Waals surface area contributed by atoms with Gasteiger partial charge in [-0.25, -0.2) is 8.42 Å². The van der Waals surface area contributed by atoms with E-state index in [0.717, 1.165) is 18.4 Å². The van der Waals surface area contributed by atoms with Gasteiger partial charge >= 0.3 is 0 Å². The summed E-state index contributed by atoms with van der Waals surface area (Å²) in [5.41, 5.74) is 0.744. The summed E-state index contributed by atoms with van der Waals surface area (Å²) in [6.07, 6.45) is 5.88. The predicted octanol–water partition coefficient (Wildman–Crippen LogP) is 0.446. The molecule has 0 amide bonds. The molecule has 2 fully saturated rings. The van der Waals surface area contributed by atoms with Crippen LogP contribution in [0.1, 0.15) is 31.2 Å². The van der Waals surface area contributed by atoms with Crippen molar-refractivity contribution in [3.63, 3.8) is 0 Å². The predicted molar refractivity (Wildman–Crippen MR) is 66.4 cm³/mol. The van der Waals surface area contributed by atoms with Crippen molar-refractivity contribution >= 4 is 10.0 Å². The normalized spacial score (nSPS) is 21.6. The van der Waals surface area contributed by atoms with Gasteiger partial charge in [0.2, 0.25) is 0 Å². The van der Waals surface area contributed by atoms with Gasteiger partial charge in [0.15, 0.2) is 5.03 Å². The van der Waals surface area contributed by atoms with Gasteiger partial charge in [0, 0.05) is 31.2 Å². The molecule has 0 unspecified atom stereocenters. The molecule has 0 bridgehead atoms. The van der Waals surface area contributed by atoms with Crippen molar-refractivity contribution in [3.8, 4) is 0 Å². The van der Waals surface area contributed by atoms with Crippen LogP contribution in [0.5, 0.6) is 0 Å². The summed E-state index contributed by atoms with van der Waals surface area (Å²) in [5, 5.41) is 10.1. The van der Waals surface area contributed by atoms with Crippen molar-refractivity contribution in [2.75, 3.05) is 13.1 Å². The molecule has 1 aliphatic heterocycles. The molecule has 2 aliphatic rings. The Kier molecular flexibility index (Phi) is 3.13. The van der Waals surface area contributed by atoms with E-state index in [2.05, 4.69) is 15.5 Å². The molecule has 6 nitrogen and oxygen atoms in total. The molecule has 1 aromatic heterocycles. The van der Waals surface area contributed by atoms with E-state index < -0.39 is 10.0 Å². The zero-order chi connectivity index (χ0) is 12.6. The van der Waals surface area contributed by atoms with E-state index in [0.29, 0.717) is 25.7 Å². The molecule has 0 atom stereocenters. The van der Waals surface area contributed by atoms with Crippen LogP contribution >= 0.6 is 0 Å². The van der Waals surface area contributed by atoms with Crippen LogP contribution in [-0.4, -0.2) is 42.1 Å². The highest BCUT2D eigenvalue weighted by Gasteiger charge is 2.31. The van der Waals surface area contributed by atoms with Crippen LogP contribution in [0.15, 0.2) is 11.2 Å². The van der Waals surface area contributed by atoms with Gasteiger partial charge in [0.05, 0.1) is 6.20 Å². The zero-order valence-corrected chi connectivity index (χ0v) is 11.0. The maximum Gasteiger partial charge on any atom is 0.260 e. The fourth-order valence-electron chi connectivity index (χ4n) is 2.25. The first-order valence-electron chi connectivity index (χ1n) is 6.44. The standard InChI is InChI=1S/C11H18N4O2S/c16-18(17,15-5-1-2-6-15)11-9(8-13-14-11)7-12-10-3-4-10/h8,10,12H,1-7H2,(H,13,14). The van der Waals surface area contributed by atoms with Crippen LogP contribution in [0.2, 0.25) is 0 Å². The van der Waals surface area contributed by atoms with E-state index >= 15 is 0 Å². The molecule has 100 valence electrons. The van der Waals surface area contributed by atoms with Crippen molar-refractivity contribution < 1.29 is 8.42 Å². The van der Waals surface area contributed by atoms with Gasteiger partial charge in [-0.15, -0.1) is 0 Å². The Bertz CT molecular complexity index is 515. The lowest BCUT2D eigenvalue weighted by Gasteiger charge is -2.15. The number of aromatic amines is 1. The summed E-state index contributed by atoms with van der Waals surface area (Å²) >= 11 is 0. The van der Waals surface area contributed by atoms with E-state index in [9.17, 15) is 8.42 Å². The minimum atomic E-state index is -3.38. The highest BCUT2D eigenvalue weighted by molar-refractivity contribution is 7.89. The summed E-state index contributed by atoms with van der Waals surface area (Å²) in [6.45, 7) is 1.82. The Morgan fingerprint density at radius 3 is 2.78 bits per heavy atom. The molecule has 2 heterocycles. The highest BCUT2D eigenvalue weighted by atomic mass is 32.2. The first-order valence-corrected chi connectivity index (χ1v) is 7.88. The molecule has 18 heavy (non-hydrogen) atoms. The topological polar surface area (TPSA) is 78.1 Å². The van der Waals surface area contributed by atoms with Crippen LogP contribution < -0.4 is 5.32 Å². The number of nitrogens with one attached hydrogen (secondary N) is 2. The first kappa shape index (κ1) is 12.1. The summed E-state index contributed by atoms with van der Waals surface area (Å²) in [6, 6.07) is 0.558. The van der Waals surface area contributed by atoms with Gasteiger partial charge in [0.25, 0.3) is 10.0 Å². The van der Waals surface area contributed by atoms with Gasteiger partial charge in [-0.05, 0) is 25.7 Å². The molecule has 3 rings (SSSR count). The lowest BCUT2D eigenvalue weighted by Crippen LogP contribution is -2.29. The number of sulfonamides is 1. The maximum atomic E-state index is 12.4. The van der Waals surface area contributed by atoms with Crippen molar-refractivity contribution in [3.05, 3.63) is 11.8 Å². The van der Waals surface area contributed by atoms with Crippen LogP contribution in [-0.2, 0) is 16.6 Å². The number of hydrogen-bond acceptors (Lipinski definition) is 4. The third kappa shape index (κ3) is 2.30. The second-order valence-corrected chi connectivity index (χ2v) is 6.87. The van der Waals surface area contributed by atoms with Gasteiger partial charge in [-0.2, -0.15) is 9.40 Å². The molecule has 1 aliphatic carbocycles. The third-order valence-electron chi connectivity index (χ3n) is 3.50. The summed E-state index contributed by atoms with van der Waals surface area (Å²) in [4.78, 5) is 0. The van der Waals surface area contributed by atoms with Gasteiger partial charge < -0.3 is 5.32 Å². The van der Waals surface area contributed by atoms with Gasteiger partial charge in [-0.1, -0.05) is 0 Å². The van der Waals surface area contributed by atoms with Crippen molar-refractivity contribution in [1.82, 2.24) is 19.8 Å². The number of nitrogens with zero attached hydrogens (tertiary/aromatic N) is 2. The summed E-state index contributed by atoms with van der Waals surface area (Å²) < 4.78 is 26.3. The van der Waals surface area contributed by atoms with Crippen LogP contribution in [0.3, 0.4) is 0 Å². The zero-order valence-electron chi connectivity index (χ0n) is 10.2. The van der Waals surface area contributed by atoms with Crippen molar-refractivity contribution in [2.24, 2.45) is 0 Å². The monoisotopic (exact) mass is 270 g/mol. The van der Waals surface area contributed by atoms with Crippen molar-refractivity contribution in [1.29, 1.82) is 0 Å². The first-order chi connectivity index (χ1) is 8.68. The van der Waals surface area contributed by atoms with E-state index in [-0.39, 0.29) is 5.03 Å². The number of aromatic nitrogens is 2. The summed E-state index contributed by atoms with van der Waals surface area (Å²) in [5.74, 6) is 0. The molecule has 0 aromatic carbocycles. The molecule has 7 heteroatoms. The van der Waals surface area contributed by atoms with Gasteiger partial charge in [0.1, 0.15) is 0 Å². The highest BCUT2D eigenvalue weighted by Crippen LogP contribution is 2.23. The number of rotatable bonds is 5. The average molecular weight is 270 g/mol. The smallest absolute Gasteiger partial charge is 0.260 e. The third-order valence-corrected chi connectivity index (χ3v) is 5.41. The fraction of sp³-hybridized carbons (Fsp3) is 0.727. The lowest BCUT2D eigenvalue weighted by atomic mass is 10.3. The quantitative estimate of drug-likeness (QED) is 0.814. The lowest BCUT2D eigenvalue weighted by molar-refractivity contribution is 0.472. The Labute approximate surface area is 107 Å². The Hall–Kier alpha value is -0.920. The van der Waals surface area contributed by atoms with Crippen LogP contribution in [0.4, 0.5) is 0 Å². The Morgan fingerprint density at radius 2 is 2.11 bits per heavy atom. The van der Waals surface area contributed by atoms with Crippen LogP contribution in [0.25, 0.3) is 0 Å². The minimum Gasteiger partial charge on any atom is -0.310 e. The largest absolute Gasteiger partial charge is 0.310 e. The molecule has 0 spiro atoms. The van der Waals surface area contributed by atoms with E-state index in [1.807, 2.05) is 0 Å².